The largest absolute Gasteiger partial charge is 0.478 e. The van der Waals surface area contributed by atoms with Gasteiger partial charge in [-0.1, -0.05) is 11.6 Å². The molecule has 0 aliphatic heterocycles. The van der Waals surface area contributed by atoms with E-state index in [0.717, 1.165) is 10.9 Å². The van der Waals surface area contributed by atoms with Gasteiger partial charge in [0.15, 0.2) is 4.47 Å². The zero-order valence-corrected chi connectivity index (χ0v) is 13.3. The van der Waals surface area contributed by atoms with E-state index >= 15 is 0 Å². The lowest BCUT2D eigenvalue weighted by Gasteiger charge is -2.09. The summed E-state index contributed by atoms with van der Waals surface area (Å²) in [5.74, 6) is -1.24. The number of benzene rings is 1. The van der Waals surface area contributed by atoms with Gasteiger partial charge in [0.05, 0.1) is 17.0 Å². The predicted molar refractivity (Wildman–Crippen MR) is 82.2 cm³/mol. The molecule has 2 aromatic rings. The van der Waals surface area contributed by atoms with Gasteiger partial charge < -0.3 is 10.4 Å². The Morgan fingerprint density at radius 2 is 2.29 bits per heavy atom. The number of hydrogen-bond acceptors (Lipinski definition) is 6. The van der Waals surface area contributed by atoms with Crippen molar-refractivity contribution < 1.29 is 14.8 Å². The highest BCUT2D eigenvalue weighted by Gasteiger charge is 2.21. The van der Waals surface area contributed by atoms with Crippen LogP contribution < -0.4 is 5.32 Å². The molecule has 2 N–H and O–H groups in total. The summed E-state index contributed by atoms with van der Waals surface area (Å²) in [6.07, 6.45) is 1.56. The second kappa shape index (κ2) is 6.37. The number of aromatic carboxylic acids is 1. The van der Waals surface area contributed by atoms with Crippen LogP contribution in [0.5, 0.6) is 0 Å². The first kappa shape index (κ1) is 15.7. The van der Waals surface area contributed by atoms with Crippen molar-refractivity contribution in [2.24, 2.45) is 0 Å². The molecule has 0 saturated heterocycles. The molecule has 110 valence electrons. The fourth-order valence-electron chi connectivity index (χ4n) is 1.58. The highest BCUT2D eigenvalue weighted by molar-refractivity contribution is 9.10. The number of rotatable bonds is 5. The Hall–Kier alpha value is -1.71. The number of carboxylic acids is 1. The molecular formula is C11H7BrClN3O4S. The van der Waals surface area contributed by atoms with Crippen LogP contribution in [0.1, 0.15) is 15.2 Å². The van der Waals surface area contributed by atoms with Crippen molar-refractivity contribution in [3.63, 3.8) is 0 Å². The third-order valence-electron chi connectivity index (χ3n) is 2.48. The van der Waals surface area contributed by atoms with Gasteiger partial charge in [-0.2, -0.15) is 0 Å². The van der Waals surface area contributed by atoms with Crippen molar-refractivity contribution in [3.8, 4) is 0 Å². The maximum atomic E-state index is 11.1. The second-order valence-corrected chi connectivity index (χ2v) is 6.40. The summed E-state index contributed by atoms with van der Waals surface area (Å²) < 4.78 is 0.673. The van der Waals surface area contributed by atoms with E-state index in [-0.39, 0.29) is 23.5 Å². The quantitative estimate of drug-likeness (QED) is 0.592. The first-order valence-electron chi connectivity index (χ1n) is 5.43. The lowest BCUT2D eigenvalue weighted by molar-refractivity contribution is -0.384. The number of carboxylic acid groups (broad SMARTS) is 1. The van der Waals surface area contributed by atoms with Crippen LogP contribution in [0.25, 0.3) is 0 Å². The highest BCUT2D eigenvalue weighted by atomic mass is 79.9. The van der Waals surface area contributed by atoms with Crippen LogP contribution >= 0.6 is 38.9 Å². The molecule has 7 nitrogen and oxygen atoms in total. The first-order valence-corrected chi connectivity index (χ1v) is 7.42. The molecule has 0 fully saturated rings. The number of thiazole rings is 1. The van der Waals surface area contributed by atoms with Gasteiger partial charge in [-0.05, 0) is 22.0 Å². The van der Waals surface area contributed by atoms with E-state index < -0.39 is 10.9 Å². The van der Waals surface area contributed by atoms with Gasteiger partial charge in [-0.15, -0.1) is 11.3 Å². The van der Waals surface area contributed by atoms with Gasteiger partial charge in [0, 0.05) is 21.6 Å². The summed E-state index contributed by atoms with van der Waals surface area (Å²) in [5, 5.41) is 22.9. The molecule has 0 unspecified atom stereocenters. The van der Waals surface area contributed by atoms with E-state index in [1.165, 1.54) is 17.4 Å². The van der Waals surface area contributed by atoms with Gasteiger partial charge in [0.1, 0.15) is 5.69 Å². The van der Waals surface area contributed by atoms with Crippen LogP contribution in [-0.4, -0.2) is 21.0 Å². The first-order chi connectivity index (χ1) is 9.88. The number of carbonyl (C=O) groups is 1. The maximum Gasteiger partial charge on any atom is 0.335 e. The highest BCUT2D eigenvalue weighted by Crippen LogP contribution is 2.34. The lowest BCUT2D eigenvalue weighted by Crippen LogP contribution is -2.05. The molecule has 10 heteroatoms. The van der Waals surface area contributed by atoms with Gasteiger partial charge in [-0.25, -0.2) is 9.78 Å². The number of nitro groups is 1. The van der Waals surface area contributed by atoms with Crippen molar-refractivity contribution in [2.75, 3.05) is 5.32 Å². The smallest absolute Gasteiger partial charge is 0.335 e. The number of aromatic nitrogens is 1. The average Bonchev–Trinajstić information content (AvgIpc) is 2.82. The molecule has 0 bridgehead atoms. The minimum Gasteiger partial charge on any atom is -0.478 e. The summed E-state index contributed by atoms with van der Waals surface area (Å²) in [6, 6.07) is 2.31. The summed E-state index contributed by atoms with van der Waals surface area (Å²) >= 11 is 10.1. The molecule has 0 radical (unpaired) electrons. The van der Waals surface area contributed by atoms with E-state index in [2.05, 4.69) is 26.2 Å². The van der Waals surface area contributed by atoms with E-state index in [9.17, 15) is 14.9 Å². The fraction of sp³-hybridized carbons (Fsp3) is 0.0909. The van der Waals surface area contributed by atoms with E-state index in [4.69, 9.17) is 16.7 Å². The number of hydrogen-bond donors (Lipinski definition) is 2. The molecule has 0 amide bonds. The molecule has 0 saturated carbocycles. The minimum absolute atomic E-state index is 0.167. The monoisotopic (exact) mass is 391 g/mol. The summed E-state index contributed by atoms with van der Waals surface area (Å²) in [5.41, 5.74) is -0.285. The molecule has 1 heterocycles. The predicted octanol–water partition coefficient (Wildman–Crippen LogP) is 3.78. The van der Waals surface area contributed by atoms with Crippen LogP contribution in [0, 0.1) is 10.1 Å². The van der Waals surface area contributed by atoms with Crippen molar-refractivity contribution >= 4 is 56.2 Å². The molecular weight excluding hydrogens is 386 g/mol. The number of nitrogens with zero attached hydrogens (tertiary/aromatic N) is 2. The number of nitrogens with one attached hydrogen (secondary N) is 1. The van der Waals surface area contributed by atoms with E-state index in [0.29, 0.717) is 8.94 Å². The van der Waals surface area contributed by atoms with Crippen LogP contribution in [0.2, 0.25) is 4.47 Å². The van der Waals surface area contributed by atoms with Crippen molar-refractivity contribution in [3.05, 3.63) is 47.8 Å². The Balaban J connectivity index is 2.33. The molecule has 0 aliphatic rings. The van der Waals surface area contributed by atoms with E-state index in [1.807, 2.05) is 0 Å². The third-order valence-corrected chi connectivity index (χ3v) is 4.22. The van der Waals surface area contributed by atoms with Gasteiger partial charge in [0.25, 0.3) is 5.69 Å². The topological polar surface area (TPSA) is 105 Å². The maximum absolute atomic E-state index is 11.1. The average molecular weight is 393 g/mol. The SMILES string of the molecule is O=C(O)c1cc(Br)c(NCc2cnc(Cl)s2)c([N+](=O)[O-])c1. The molecule has 2 rings (SSSR count). The molecule has 0 atom stereocenters. The number of nitro benzene ring substituents is 1. The number of anilines is 1. The van der Waals surface area contributed by atoms with Gasteiger partial charge in [0.2, 0.25) is 0 Å². The van der Waals surface area contributed by atoms with Crippen LogP contribution in [-0.2, 0) is 6.54 Å². The van der Waals surface area contributed by atoms with Crippen LogP contribution in [0.15, 0.2) is 22.8 Å². The summed E-state index contributed by atoms with van der Waals surface area (Å²) in [7, 11) is 0. The number of halogens is 2. The molecule has 21 heavy (non-hydrogen) atoms. The Kier molecular flexibility index (Phi) is 4.76. The Labute approximate surface area is 135 Å². The lowest BCUT2D eigenvalue weighted by atomic mass is 10.1. The summed E-state index contributed by atoms with van der Waals surface area (Å²) in [6.45, 7) is 0.288. The minimum atomic E-state index is -1.24. The van der Waals surface area contributed by atoms with Crippen molar-refractivity contribution in [2.45, 2.75) is 6.54 Å². The van der Waals surface area contributed by atoms with Gasteiger partial charge in [-0.3, -0.25) is 10.1 Å². The van der Waals surface area contributed by atoms with Crippen molar-refractivity contribution in [1.29, 1.82) is 0 Å². The molecule has 0 aliphatic carbocycles. The molecule has 1 aromatic heterocycles. The van der Waals surface area contributed by atoms with Crippen LogP contribution in [0.4, 0.5) is 11.4 Å². The second-order valence-electron chi connectivity index (χ2n) is 3.85. The molecule has 0 spiro atoms. The normalized spacial score (nSPS) is 10.4. The van der Waals surface area contributed by atoms with E-state index in [1.54, 1.807) is 6.20 Å². The standard InChI is InChI=1S/C11H7BrClN3O4S/c12-7-1-5(10(17)18)2-8(16(19)20)9(7)14-3-6-4-15-11(13)21-6/h1-2,4,14H,3H2,(H,17,18). The van der Waals surface area contributed by atoms with Crippen LogP contribution in [0.3, 0.4) is 0 Å². The van der Waals surface area contributed by atoms with Gasteiger partial charge >= 0.3 is 5.97 Å². The van der Waals surface area contributed by atoms with Crippen molar-refractivity contribution in [1.82, 2.24) is 4.98 Å². The Morgan fingerprint density at radius 1 is 1.57 bits per heavy atom. The Morgan fingerprint density at radius 3 is 2.81 bits per heavy atom. The molecule has 1 aromatic carbocycles. The Bertz CT molecular complexity index is 721. The zero-order chi connectivity index (χ0) is 15.6. The summed E-state index contributed by atoms with van der Waals surface area (Å²) in [4.78, 5) is 26.0. The zero-order valence-electron chi connectivity index (χ0n) is 10.2. The third kappa shape index (κ3) is 3.69. The fourth-order valence-corrected chi connectivity index (χ4v) is 3.08.